The molecule has 0 amide bonds. The molecule has 0 atom stereocenters. The van der Waals surface area contributed by atoms with E-state index >= 15 is 0 Å². The molecule has 0 radical (unpaired) electrons. The van der Waals surface area contributed by atoms with E-state index in [1.807, 2.05) is 30.3 Å². The standard InChI is InChI=1S/C11H12OS2/c12-11-10(13-7-4-8-14-11)9-5-2-1-3-6-9/h1-3,5-6,12H,4,7-8H2. The van der Waals surface area contributed by atoms with Gasteiger partial charge in [-0.1, -0.05) is 42.1 Å². The molecule has 0 saturated heterocycles. The number of hydrogen-bond donors (Lipinski definition) is 1. The number of aliphatic hydroxyl groups excluding tert-OH is 1. The van der Waals surface area contributed by atoms with Gasteiger partial charge in [-0.05, 0) is 17.7 Å². The number of thioether (sulfide) groups is 2. The molecule has 74 valence electrons. The Balaban J connectivity index is 2.31. The highest BCUT2D eigenvalue weighted by atomic mass is 32.2. The summed E-state index contributed by atoms with van der Waals surface area (Å²) < 4.78 is 0. The maximum Gasteiger partial charge on any atom is 0.164 e. The zero-order valence-corrected chi connectivity index (χ0v) is 9.40. The monoisotopic (exact) mass is 224 g/mol. The van der Waals surface area contributed by atoms with Crippen molar-refractivity contribution in [2.45, 2.75) is 6.42 Å². The molecule has 1 heterocycles. The molecule has 14 heavy (non-hydrogen) atoms. The van der Waals surface area contributed by atoms with Crippen LogP contribution in [0.1, 0.15) is 12.0 Å². The highest BCUT2D eigenvalue weighted by molar-refractivity contribution is 8.11. The highest BCUT2D eigenvalue weighted by Crippen LogP contribution is 2.37. The molecule has 0 bridgehead atoms. The van der Waals surface area contributed by atoms with E-state index < -0.39 is 0 Å². The van der Waals surface area contributed by atoms with Crippen molar-refractivity contribution in [2.75, 3.05) is 11.5 Å². The van der Waals surface area contributed by atoms with E-state index in [4.69, 9.17) is 0 Å². The van der Waals surface area contributed by atoms with Crippen LogP contribution in [0.2, 0.25) is 0 Å². The molecule has 0 fully saturated rings. The van der Waals surface area contributed by atoms with Gasteiger partial charge < -0.3 is 5.11 Å². The minimum absolute atomic E-state index is 0.485. The van der Waals surface area contributed by atoms with Gasteiger partial charge in [-0.3, -0.25) is 0 Å². The quantitative estimate of drug-likeness (QED) is 0.784. The predicted octanol–water partition coefficient (Wildman–Crippen LogP) is 3.74. The van der Waals surface area contributed by atoms with Crippen LogP contribution in [-0.4, -0.2) is 16.6 Å². The summed E-state index contributed by atoms with van der Waals surface area (Å²) in [7, 11) is 0. The summed E-state index contributed by atoms with van der Waals surface area (Å²) >= 11 is 3.31. The molecule has 1 nitrogen and oxygen atoms in total. The van der Waals surface area contributed by atoms with Crippen LogP contribution in [0.5, 0.6) is 0 Å². The van der Waals surface area contributed by atoms with Gasteiger partial charge in [0.15, 0.2) is 5.09 Å². The van der Waals surface area contributed by atoms with E-state index in [9.17, 15) is 5.11 Å². The summed E-state index contributed by atoms with van der Waals surface area (Å²) in [6, 6.07) is 10.1. The predicted molar refractivity (Wildman–Crippen MR) is 65.5 cm³/mol. The summed E-state index contributed by atoms with van der Waals surface area (Å²) in [5.41, 5.74) is 1.13. The first-order valence-electron chi connectivity index (χ1n) is 4.62. The van der Waals surface area contributed by atoms with Crippen molar-refractivity contribution in [3.05, 3.63) is 41.0 Å². The highest BCUT2D eigenvalue weighted by Gasteiger charge is 2.12. The van der Waals surface area contributed by atoms with Gasteiger partial charge in [0, 0.05) is 5.75 Å². The molecular formula is C11H12OS2. The maximum absolute atomic E-state index is 9.82. The number of hydrogen-bond acceptors (Lipinski definition) is 3. The normalized spacial score (nSPS) is 18.0. The van der Waals surface area contributed by atoms with Crippen LogP contribution in [-0.2, 0) is 0 Å². The Morgan fingerprint density at radius 3 is 2.50 bits per heavy atom. The van der Waals surface area contributed by atoms with Gasteiger partial charge in [0.2, 0.25) is 0 Å². The van der Waals surface area contributed by atoms with Gasteiger partial charge in [0.1, 0.15) is 0 Å². The molecule has 0 saturated carbocycles. The first kappa shape index (κ1) is 9.99. The Hall–Kier alpha value is -0.540. The second-order valence-electron chi connectivity index (χ2n) is 3.05. The second kappa shape index (κ2) is 4.80. The molecule has 3 heteroatoms. The van der Waals surface area contributed by atoms with Gasteiger partial charge in [-0.2, -0.15) is 0 Å². The molecule has 0 aliphatic carbocycles. The van der Waals surface area contributed by atoms with Gasteiger partial charge in [-0.15, -0.1) is 11.8 Å². The molecule has 0 unspecified atom stereocenters. The Kier molecular flexibility index (Phi) is 3.43. The van der Waals surface area contributed by atoms with E-state index in [-0.39, 0.29) is 0 Å². The van der Waals surface area contributed by atoms with Crippen molar-refractivity contribution in [1.82, 2.24) is 0 Å². The molecule has 0 aromatic heterocycles. The lowest BCUT2D eigenvalue weighted by molar-refractivity contribution is 0.460. The third-order valence-corrected chi connectivity index (χ3v) is 4.31. The molecule has 1 aromatic carbocycles. The third-order valence-electron chi connectivity index (χ3n) is 2.00. The number of benzene rings is 1. The number of rotatable bonds is 1. The molecule has 1 aliphatic heterocycles. The van der Waals surface area contributed by atoms with E-state index in [1.54, 1.807) is 23.5 Å². The average molecular weight is 224 g/mol. The van der Waals surface area contributed by atoms with Gasteiger partial charge in [0.05, 0.1) is 4.91 Å². The molecule has 0 spiro atoms. The van der Waals surface area contributed by atoms with E-state index in [1.165, 1.54) is 0 Å². The minimum atomic E-state index is 0.485. The van der Waals surface area contributed by atoms with E-state index in [0.29, 0.717) is 5.09 Å². The topological polar surface area (TPSA) is 20.2 Å². The summed E-state index contributed by atoms with van der Waals surface area (Å²) in [4.78, 5) is 1.04. The Morgan fingerprint density at radius 1 is 1.00 bits per heavy atom. The molecule has 1 aliphatic rings. The zero-order chi connectivity index (χ0) is 9.80. The summed E-state index contributed by atoms with van der Waals surface area (Å²) in [5, 5.41) is 10.3. The third kappa shape index (κ3) is 2.28. The lowest BCUT2D eigenvalue weighted by Crippen LogP contribution is -1.83. The fourth-order valence-electron chi connectivity index (χ4n) is 1.33. The van der Waals surface area contributed by atoms with Crippen molar-refractivity contribution in [2.24, 2.45) is 0 Å². The van der Waals surface area contributed by atoms with Gasteiger partial charge >= 0.3 is 0 Å². The SMILES string of the molecule is OC1=C(c2ccccc2)SCCCS1. The maximum atomic E-state index is 9.82. The lowest BCUT2D eigenvalue weighted by atomic mass is 10.2. The fourth-order valence-corrected chi connectivity index (χ4v) is 3.51. The number of aliphatic hydroxyl groups is 1. The van der Waals surface area contributed by atoms with Crippen LogP contribution in [0.4, 0.5) is 0 Å². The Labute approximate surface area is 92.6 Å². The molecule has 2 rings (SSSR count). The summed E-state index contributed by atoms with van der Waals surface area (Å²) in [5.74, 6) is 2.12. The van der Waals surface area contributed by atoms with Crippen molar-refractivity contribution < 1.29 is 5.11 Å². The summed E-state index contributed by atoms with van der Waals surface area (Å²) in [6.45, 7) is 0. The summed E-state index contributed by atoms with van der Waals surface area (Å²) in [6.07, 6.45) is 1.16. The van der Waals surface area contributed by atoms with Crippen molar-refractivity contribution in [3.8, 4) is 0 Å². The van der Waals surface area contributed by atoms with Crippen molar-refractivity contribution >= 4 is 28.4 Å². The van der Waals surface area contributed by atoms with Gasteiger partial charge in [-0.25, -0.2) is 0 Å². The smallest absolute Gasteiger partial charge is 0.164 e. The van der Waals surface area contributed by atoms with Crippen LogP contribution in [0.3, 0.4) is 0 Å². The lowest BCUT2D eigenvalue weighted by Gasteiger charge is -2.05. The van der Waals surface area contributed by atoms with Crippen molar-refractivity contribution in [1.29, 1.82) is 0 Å². The van der Waals surface area contributed by atoms with Gasteiger partial charge in [0.25, 0.3) is 0 Å². The second-order valence-corrected chi connectivity index (χ2v) is 5.24. The van der Waals surface area contributed by atoms with Crippen LogP contribution in [0.15, 0.2) is 35.4 Å². The molecular weight excluding hydrogens is 212 g/mol. The average Bonchev–Trinajstić information content (AvgIpc) is 2.44. The van der Waals surface area contributed by atoms with Crippen LogP contribution >= 0.6 is 23.5 Å². The Morgan fingerprint density at radius 2 is 1.71 bits per heavy atom. The van der Waals surface area contributed by atoms with E-state index in [0.717, 1.165) is 28.4 Å². The Bertz CT molecular complexity index is 332. The van der Waals surface area contributed by atoms with Crippen LogP contribution < -0.4 is 0 Å². The fraction of sp³-hybridized carbons (Fsp3) is 0.273. The molecule has 1 N–H and O–H groups in total. The minimum Gasteiger partial charge on any atom is -0.501 e. The van der Waals surface area contributed by atoms with Crippen molar-refractivity contribution in [3.63, 3.8) is 0 Å². The zero-order valence-electron chi connectivity index (χ0n) is 7.77. The molecule has 1 aromatic rings. The van der Waals surface area contributed by atoms with E-state index in [2.05, 4.69) is 0 Å². The largest absolute Gasteiger partial charge is 0.501 e. The van der Waals surface area contributed by atoms with Crippen LogP contribution in [0, 0.1) is 0 Å². The first-order valence-corrected chi connectivity index (χ1v) is 6.59. The van der Waals surface area contributed by atoms with Crippen LogP contribution in [0.25, 0.3) is 4.91 Å². The first-order chi connectivity index (χ1) is 6.88.